The number of fused-ring (bicyclic) bond motifs is 1. The number of aromatic nitrogens is 1. The Bertz CT molecular complexity index is 1150. The summed E-state index contributed by atoms with van der Waals surface area (Å²) in [6, 6.07) is 16.1. The number of carbonyl (C=O) groups is 2. The van der Waals surface area contributed by atoms with Gasteiger partial charge in [0.25, 0.3) is 11.8 Å². The monoisotopic (exact) mass is 478 g/mol. The number of carbonyl (C=O) groups excluding carboxylic acids is 2. The lowest BCUT2D eigenvalue weighted by molar-refractivity contribution is 0.0647. The van der Waals surface area contributed by atoms with Crippen LogP contribution in [-0.4, -0.2) is 46.9 Å². The number of nitrogens with zero attached hydrogens (tertiary/aromatic N) is 2. The molecule has 4 rings (SSSR count). The number of hydrogen-bond donors (Lipinski definition) is 2. The maximum atomic E-state index is 13.4. The number of halogens is 1. The van der Waals surface area contributed by atoms with Crippen molar-refractivity contribution in [1.29, 1.82) is 0 Å². The molecule has 2 heterocycles. The molecule has 7 nitrogen and oxygen atoms in total. The molecule has 0 radical (unpaired) electrons. The van der Waals surface area contributed by atoms with Crippen LogP contribution in [0.3, 0.4) is 0 Å². The first-order valence-electron chi connectivity index (χ1n) is 11.2. The number of hydrogen-bond acceptors (Lipinski definition) is 5. The van der Waals surface area contributed by atoms with Crippen LogP contribution < -0.4 is 15.4 Å². The standard InChI is InChI=1S/C26H27ClN4O3/c1-17(2)31-16-21(15-29-14-18-6-8-20(27)9-7-18)34-24-22(26(31)33)4-3-5-23(24)30-25(32)19-10-12-28-13-11-19/h3-13,17,21,29H,14-16H2,1-2H3,(H,30,32)/t21-/m0/s1. The summed E-state index contributed by atoms with van der Waals surface area (Å²) < 4.78 is 6.36. The van der Waals surface area contributed by atoms with Crippen molar-refractivity contribution in [2.24, 2.45) is 0 Å². The Hall–Kier alpha value is -3.42. The predicted octanol–water partition coefficient (Wildman–Crippen LogP) is 4.39. The zero-order valence-electron chi connectivity index (χ0n) is 19.1. The van der Waals surface area contributed by atoms with Gasteiger partial charge in [-0.25, -0.2) is 0 Å². The fourth-order valence-corrected chi connectivity index (χ4v) is 3.95. The highest BCUT2D eigenvalue weighted by Crippen LogP contribution is 2.34. The quantitative estimate of drug-likeness (QED) is 0.526. The number of ether oxygens (including phenoxy) is 1. The van der Waals surface area contributed by atoms with E-state index in [0.717, 1.165) is 5.56 Å². The Morgan fingerprint density at radius 1 is 1.15 bits per heavy atom. The summed E-state index contributed by atoms with van der Waals surface area (Å²) in [5.74, 6) is -0.0317. The normalized spacial score (nSPS) is 15.5. The molecule has 2 aromatic carbocycles. The van der Waals surface area contributed by atoms with E-state index in [9.17, 15) is 9.59 Å². The summed E-state index contributed by atoms with van der Waals surface area (Å²) in [5.41, 5.74) is 2.46. The Morgan fingerprint density at radius 2 is 1.88 bits per heavy atom. The molecule has 1 atom stereocenters. The average Bonchev–Trinajstić information content (AvgIpc) is 2.98. The lowest BCUT2D eigenvalue weighted by atomic mass is 10.1. The van der Waals surface area contributed by atoms with E-state index in [4.69, 9.17) is 16.3 Å². The summed E-state index contributed by atoms with van der Waals surface area (Å²) in [4.78, 5) is 31.9. The highest BCUT2D eigenvalue weighted by atomic mass is 35.5. The first kappa shape index (κ1) is 23.7. The van der Waals surface area contributed by atoms with Gasteiger partial charge in [0.15, 0.2) is 5.75 Å². The number of pyridine rings is 1. The third-order valence-corrected chi connectivity index (χ3v) is 5.87. The largest absolute Gasteiger partial charge is 0.484 e. The van der Waals surface area contributed by atoms with Crippen LogP contribution in [0.5, 0.6) is 5.75 Å². The third kappa shape index (κ3) is 5.55. The molecule has 0 aliphatic carbocycles. The smallest absolute Gasteiger partial charge is 0.258 e. The molecule has 8 heteroatoms. The van der Waals surface area contributed by atoms with Crippen LogP contribution in [0, 0.1) is 0 Å². The van der Waals surface area contributed by atoms with E-state index in [1.54, 1.807) is 47.6 Å². The maximum Gasteiger partial charge on any atom is 0.258 e. The second-order valence-electron chi connectivity index (χ2n) is 8.42. The molecule has 2 amide bonds. The second kappa shape index (κ2) is 10.7. The Kier molecular flexibility index (Phi) is 7.45. The number of nitrogens with one attached hydrogen (secondary N) is 2. The van der Waals surface area contributed by atoms with E-state index in [1.807, 2.05) is 38.1 Å². The van der Waals surface area contributed by atoms with Crippen LogP contribution >= 0.6 is 11.6 Å². The van der Waals surface area contributed by atoms with Crippen molar-refractivity contribution in [3.05, 3.63) is 88.7 Å². The van der Waals surface area contributed by atoms with Gasteiger partial charge in [-0.2, -0.15) is 0 Å². The van der Waals surface area contributed by atoms with Crippen molar-refractivity contribution < 1.29 is 14.3 Å². The van der Waals surface area contributed by atoms with E-state index in [0.29, 0.717) is 47.2 Å². The number of benzene rings is 2. The topological polar surface area (TPSA) is 83.6 Å². The summed E-state index contributed by atoms with van der Waals surface area (Å²) in [6.45, 7) is 5.55. The molecule has 0 saturated heterocycles. The molecule has 2 N–H and O–H groups in total. The van der Waals surface area contributed by atoms with E-state index < -0.39 is 0 Å². The molecule has 0 saturated carbocycles. The molecule has 34 heavy (non-hydrogen) atoms. The summed E-state index contributed by atoms with van der Waals surface area (Å²) in [7, 11) is 0. The maximum absolute atomic E-state index is 13.4. The molecule has 176 valence electrons. The molecular weight excluding hydrogens is 452 g/mol. The molecule has 0 bridgehead atoms. The Morgan fingerprint density at radius 3 is 2.59 bits per heavy atom. The molecule has 3 aromatic rings. The molecule has 1 aromatic heterocycles. The molecule has 0 spiro atoms. The summed E-state index contributed by atoms with van der Waals surface area (Å²) in [6.07, 6.45) is 2.81. The molecule has 0 fully saturated rings. The summed E-state index contributed by atoms with van der Waals surface area (Å²) in [5, 5.41) is 7.00. The number of amides is 2. The van der Waals surface area contributed by atoms with Gasteiger partial charge in [0.1, 0.15) is 6.10 Å². The van der Waals surface area contributed by atoms with Crippen LogP contribution in [0.4, 0.5) is 5.69 Å². The van der Waals surface area contributed by atoms with Crippen LogP contribution in [0.15, 0.2) is 67.0 Å². The van der Waals surface area contributed by atoms with Crippen molar-refractivity contribution in [2.75, 3.05) is 18.4 Å². The lowest BCUT2D eigenvalue weighted by Gasteiger charge is -2.27. The molecular formula is C26H27ClN4O3. The molecule has 1 aliphatic rings. The Labute approximate surface area is 204 Å². The zero-order chi connectivity index (χ0) is 24.1. The highest BCUT2D eigenvalue weighted by molar-refractivity contribution is 6.30. The van der Waals surface area contributed by atoms with Crippen LogP contribution in [0.1, 0.15) is 40.1 Å². The van der Waals surface area contributed by atoms with Crippen LogP contribution in [0.25, 0.3) is 0 Å². The fraction of sp³-hybridized carbons (Fsp3) is 0.269. The minimum Gasteiger partial charge on any atom is -0.484 e. The SMILES string of the molecule is CC(C)N1C[C@H](CNCc2ccc(Cl)cc2)Oc2c(NC(=O)c3ccncc3)cccc2C1=O. The van der Waals surface area contributed by atoms with Gasteiger partial charge in [-0.15, -0.1) is 0 Å². The minimum absolute atomic E-state index is 0.00381. The highest BCUT2D eigenvalue weighted by Gasteiger charge is 2.32. The van der Waals surface area contributed by atoms with Crippen molar-refractivity contribution in [1.82, 2.24) is 15.2 Å². The van der Waals surface area contributed by atoms with Gasteiger partial charge in [-0.05, 0) is 55.8 Å². The van der Waals surface area contributed by atoms with Crippen LogP contribution in [0.2, 0.25) is 5.02 Å². The first-order valence-corrected chi connectivity index (χ1v) is 11.6. The minimum atomic E-state index is -0.307. The lowest BCUT2D eigenvalue weighted by Crippen LogP contribution is -2.44. The van der Waals surface area contributed by atoms with E-state index >= 15 is 0 Å². The van der Waals surface area contributed by atoms with Crippen molar-refractivity contribution in [3.8, 4) is 5.75 Å². The Balaban J connectivity index is 1.56. The van der Waals surface area contributed by atoms with E-state index in [1.165, 1.54) is 0 Å². The van der Waals surface area contributed by atoms with Gasteiger partial charge in [-0.3, -0.25) is 14.6 Å². The number of anilines is 1. The second-order valence-corrected chi connectivity index (χ2v) is 8.86. The molecule has 0 unspecified atom stereocenters. The average molecular weight is 479 g/mol. The van der Waals surface area contributed by atoms with E-state index in [2.05, 4.69) is 15.6 Å². The van der Waals surface area contributed by atoms with Crippen LogP contribution in [-0.2, 0) is 6.54 Å². The van der Waals surface area contributed by atoms with Crippen molar-refractivity contribution in [2.45, 2.75) is 32.5 Å². The van der Waals surface area contributed by atoms with E-state index in [-0.39, 0.29) is 24.0 Å². The van der Waals surface area contributed by atoms with Gasteiger partial charge >= 0.3 is 0 Å². The van der Waals surface area contributed by atoms with Gasteiger partial charge < -0.3 is 20.3 Å². The van der Waals surface area contributed by atoms with Gasteiger partial charge in [0.2, 0.25) is 0 Å². The summed E-state index contributed by atoms with van der Waals surface area (Å²) >= 11 is 5.97. The van der Waals surface area contributed by atoms with Crippen molar-refractivity contribution in [3.63, 3.8) is 0 Å². The third-order valence-electron chi connectivity index (χ3n) is 5.62. The van der Waals surface area contributed by atoms with Gasteiger partial charge in [0, 0.05) is 42.1 Å². The van der Waals surface area contributed by atoms with Gasteiger partial charge in [-0.1, -0.05) is 29.8 Å². The number of para-hydroxylation sites is 1. The zero-order valence-corrected chi connectivity index (χ0v) is 19.9. The first-order chi connectivity index (χ1) is 16.4. The fourth-order valence-electron chi connectivity index (χ4n) is 3.82. The number of rotatable bonds is 7. The molecule has 1 aliphatic heterocycles. The van der Waals surface area contributed by atoms with Crippen molar-refractivity contribution >= 4 is 29.1 Å². The predicted molar refractivity (Wildman–Crippen MR) is 132 cm³/mol. The van der Waals surface area contributed by atoms with Gasteiger partial charge in [0.05, 0.1) is 17.8 Å².